The van der Waals surface area contributed by atoms with Gasteiger partial charge in [-0.3, -0.25) is 0 Å². The molecule has 1 aliphatic carbocycles. The van der Waals surface area contributed by atoms with E-state index in [4.69, 9.17) is 10.5 Å². The first-order chi connectivity index (χ1) is 9.54. The summed E-state index contributed by atoms with van der Waals surface area (Å²) in [6.07, 6.45) is 4.46. The molecule has 20 heavy (non-hydrogen) atoms. The van der Waals surface area contributed by atoms with Crippen molar-refractivity contribution in [2.24, 2.45) is 17.6 Å². The number of halogens is 1. The minimum Gasteiger partial charge on any atom is -0.369 e. The van der Waals surface area contributed by atoms with E-state index in [1.165, 1.54) is 25.0 Å². The van der Waals surface area contributed by atoms with Crippen molar-refractivity contribution in [3.8, 4) is 0 Å². The minimum atomic E-state index is -0.209. The Morgan fingerprint density at radius 1 is 1.25 bits per heavy atom. The van der Waals surface area contributed by atoms with Gasteiger partial charge in [-0.05, 0) is 55.2 Å². The highest BCUT2D eigenvalue weighted by Crippen LogP contribution is 2.38. The average molecular weight is 279 g/mol. The molecule has 1 aromatic rings. The fourth-order valence-electron chi connectivity index (χ4n) is 3.06. The zero-order valence-corrected chi connectivity index (χ0v) is 12.6. The highest BCUT2D eigenvalue weighted by Gasteiger charge is 2.35. The van der Waals surface area contributed by atoms with Crippen molar-refractivity contribution in [3.63, 3.8) is 0 Å². The van der Waals surface area contributed by atoms with Gasteiger partial charge in [0, 0.05) is 6.54 Å². The van der Waals surface area contributed by atoms with E-state index >= 15 is 0 Å². The molecule has 0 unspecified atom stereocenters. The Bertz CT molecular complexity index is 408. The molecule has 0 bridgehead atoms. The molecule has 0 atom stereocenters. The number of benzene rings is 1. The van der Waals surface area contributed by atoms with Crippen LogP contribution in [0.4, 0.5) is 4.39 Å². The van der Waals surface area contributed by atoms with Crippen LogP contribution in [0.1, 0.15) is 45.1 Å². The molecule has 0 saturated heterocycles. The van der Waals surface area contributed by atoms with Crippen LogP contribution in [0.3, 0.4) is 0 Å². The molecule has 0 spiro atoms. The fourth-order valence-corrected chi connectivity index (χ4v) is 3.06. The minimum absolute atomic E-state index is 0.181. The molecule has 0 amide bonds. The highest BCUT2D eigenvalue weighted by atomic mass is 19.1. The summed E-state index contributed by atoms with van der Waals surface area (Å²) in [5, 5.41) is 0. The normalized spacial score (nSPS) is 26.9. The van der Waals surface area contributed by atoms with Crippen LogP contribution in [0.15, 0.2) is 24.3 Å². The molecule has 2 rings (SSSR count). The first-order valence-corrected chi connectivity index (χ1v) is 7.63. The van der Waals surface area contributed by atoms with Crippen LogP contribution >= 0.6 is 0 Å². The van der Waals surface area contributed by atoms with Gasteiger partial charge >= 0.3 is 0 Å². The number of hydrogen-bond donors (Lipinski definition) is 1. The maximum atomic E-state index is 12.9. The van der Waals surface area contributed by atoms with Crippen molar-refractivity contribution in [3.05, 3.63) is 35.6 Å². The van der Waals surface area contributed by atoms with Gasteiger partial charge in [-0.15, -0.1) is 0 Å². The number of rotatable bonds is 5. The molecule has 3 heteroatoms. The molecule has 1 fully saturated rings. The third-order valence-corrected chi connectivity index (χ3v) is 4.71. The smallest absolute Gasteiger partial charge is 0.123 e. The van der Waals surface area contributed by atoms with Gasteiger partial charge in [0.15, 0.2) is 0 Å². The van der Waals surface area contributed by atoms with Crippen molar-refractivity contribution in [2.75, 3.05) is 6.54 Å². The van der Waals surface area contributed by atoms with Gasteiger partial charge in [-0.2, -0.15) is 0 Å². The number of hydrogen-bond acceptors (Lipinski definition) is 2. The van der Waals surface area contributed by atoms with Gasteiger partial charge in [0.1, 0.15) is 5.82 Å². The molecule has 0 heterocycles. The van der Waals surface area contributed by atoms with Crippen LogP contribution in [-0.2, 0) is 11.3 Å². The molecular formula is C17H26FNO. The standard InChI is InChI=1S/C17H26FNO/c1-13(2)15-7-9-17(12-19,10-8-15)20-11-14-3-5-16(18)6-4-14/h3-6,13,15H,7-12,19H2,1-2H3. The van der Waals surface area contributed by atoms with Crippen molar-refractivity contribution in [2.45, 2.75) is 51.7 Å². The second-order valence-electron chi connectivity index (χ2n) is 6.38. The Labute approximate surface area is 121 Å². The third kappa shape index (κ3) is 3.80. The van der Waals surface area contributed by atoms with Crippen molar-refractivity contribution < 1.29 is 9.13 Å². The Balaban J connectivity index is 1.91. The van der Waals surface area contributed by atoms with Gasteiger partial charge in [0.25, 0.3) is 0 Å². The van der Waals surface area contributed by atoms with Crippen LogP contribution in [0.5, 0.6) is 0 Å². The van der Waals surface area contributed by atoms with Gasteiger partial charge in [0.05, 0.1) is 12.2 Å². The maximum Gasteiger partial charge on any atom is 0.123 e. The van der Waals surface area contributed by atoms with E-state index in [0.717, 1.165) is 30.2 Å². The number of ether oxygens (including phenoxy) is 1. The second-order valence-corrected chi connectivity index (χ2v) is 6.38. The largest absolute Gasteiger partial charge is 0.369 e. The summed E-state index contributed by atoms with van der Waals surface area (Å²) in [4.78, 5) is 0. The predicted octanol–water partition coefficient (Wildman–Crippen LogP) is 3.89. The van der Waals surface area contributed by atoms with Crippen LogP contribution in [0.25, 0.3) is 0 Å². The Morgan fingerprint density at radius 3 is 2.35 bits per heavy atom. The van der Waals surface area contributed by atoms with Crippen LogP contribution in [0, 0.1) is 17.7 Å². The van der Waals surface area contributed by atoms with Crippen molar-refractivity contribution in [1.29, 1.82) is 0 Å². The summed E-state index contributed by atoms with van der Waals surface area (Å²) in [7, 11) is 0. The summed E-state index contributed by atoms with van der Waals surface area (Å²) in [6, 6.07) is 6.51. The first kappa shape index (κ1) is 15.5. The number of nitrogens with two attached hydrogens (primary N) is 1. The van der Waals surface area contributed by atoms with Crippen LogP contribution < -0.4 is 5.73 Å². The van der Waals surface area contributed by atoms with E-state index in [0.29, 0.717) is 13.2 Å². The second kappa shape index (κ2) is 6.68. The molecule has 1 saturated carbocycles. The summed E-state index contributed by atoms with van der Waals surface area (Å²) < 4.78 is 19.0. The van der Waals surface area contributed by atoms with E-state index < -0.39 is 0 Å². The Morgan fingerprint density at radius 2 is 1.85 bits per heavy atom. The third-order valence-electron chi connectivity index (χ3n) is 4.71. The lowest BCUT2D eigenvalue weighted by molar-refractivity contribution is -0.0840. The zero-order valence-electron chi connectivity index (χ0n) is 12.6. The quantitative estimate of drug-likeness (QED) is 0.887. The van der Waals surface area contributed by atoms with E-state index in [2.05, 4.69) is 13.8 Å². The van der Waals surface area contributed by atoms with E-state index in [1.54, 1.807) is 12.1 Å². The SMILES string of the molecule is CC(C)C1CCC(CN)(OCc2ccc(F)cc2)CC1. The summed E-state index contributed by atoms with van der Waals surface area (Å²) in [5.74, 6) is 1.33. The maximum absolute atomic E-state index is 12.9. The molecule has 112 valence electrons. The lowest BCUT2D eigenvalue weighted by Gasteiger charge is -2.40. The fraction of sp³-hybridized carbons (Fsp3) is 0.647. The van der Waals surface area contributed by atoms with E-state index in [9.17, 15) is 4.39 Å². The van der Waals surface area contributed by atoms with Gasteiger partial charge in [0.2, 0.25) is 0 Å². The van der Waals surface area contributed by atoms with Crippen molar-refractivity contribution in [1.82, 2.24) is 0 Å². The molecular weight excluding hydrogens is 253 g/mol. The van der Waals surface area contributed by atoms with Gasteiger partial charge in [-0.25, -0.2) is 4.39 Å². The van der Waals surface area contributed by atoms with Crippen LogP contribution in [0.2, 0.25) is 0 Å². The summed E-state index contributed by atoms with van der Waals surface area (Å²) >= 11 is 0. The van der Waals surface area contributed by atoms with Crippen LogP contribution in [-0.4, -0.2) is 12.1 Å². The molecule has 1 aromatic carbocycles. The molecule has 1 aliphatic rings. The first-order valence-electron chi connectivity index (χ1n) is 7.63. The Hall–Kier alpha value is -0.930. The van der Waals surface area contributed by atoms with E-state index in [1.807, 2.05) is 0 Å². The summed E-state index contributed by atoms with van der Waals surface area (Å²) in [6.45, 7) is 5.67. The molecule has 2 nitrogen and oxygen atoms in total. The van der Waals surface area contributed by atoms with E-state index in [-0.39, 0.29) is 11.4 Å². The molecule has 2 N–H and O–H groups in total. The lowest BCUT2D eigenvalue weighted by atomic mass is 9.74. The summed E-state index contributed by atoms with van der Waals surface area (Å²) in [5.41, 5.74) is 6.79. The van der Waals surface area contributed by atoms with Gasteiger partial charge < -0.3 is 10.5 Å². The average Bonchev–Trinajstić information content (AvgIpc) is 2.47. The molecule has 0 aliphatic heterocycles. The highest BCUT2D eigenvalue weighted by molar-refractivity contribution is 5.15. The molecule has 0 radical (unpaired) electrons. The Kier molecular flexibility index (Phi) is 5.17. The lowest BCUT2D eigenvalue weighted by Crippen LogP contribution is -2.44. The zero-order chi connectivity index (χ0) is 14.6. The monoisotopic (exact) mass is 279 g/mol. The molecule has 0 aromatic heterocycles. The topological polar surface area (TPSA) is 35.2 Å². The predicted molar refractivity (Wildman–Crippen MR) is 79.8 cm³/mol. The van der Waals surface area contributed by atoms with Gasteiger partial charge in [-0.1, -0.05) is 26.0 Å². The van der Waals surface area contributed by atoms with Crippen molar-refractivity contribution >= 4 is 0 Å².